The first-order chi connectivity index (χ1) is 7.47. The molecule has 0 aliphatic heterocycles. The van der Waals surface area contributed by atoms with E-state index in [1.807, 2.05) is 0 Å². The van der Waals surface area contributed by atoms with E-state index in [-0.39, 0.29) is 6.61 Å². The van der Waals surface area contributed by atoms with Gasteiger partial charge in [-0.25, -0.2) is 13.6 Å². The highest BCUT2D eigenvalue weighted by Gasteiger charge is 2.25. The predicted molar refractivity (Wildman–Crippen MR) is 49.0 cm³/mol. The molecule has 0 atom stereocenters. The first-order valence-corrected chi connectivity index (χ1v) is 4.36. The maximum atomic E-state index is 13.1. The number of benzene rings is 1. The number of rotatable bonds is 3. The van der Waals surface area contributed by atoms with Crippen LogP contribution in [0, 0.1) is 11.6 Å². The summed E-state index contributed by atoms with van der Waals surface area (Å²) in [5.41, 5.74) is -0.889. The van der Waals surface area contributed by atoms with Crippen molar-refractivity contribution in [2.75, 3.05) is 6.61 Å². The Hall–Kier alpha value is -1.98. The van der Waals surface area contributed by atoms with Crippen molar-refractivity contribution in [3.05, 3.63) is 29.3 Å². The first kappa shape index (κ1) is 12.1. The average molecular weight is 230 g/mol. The topological polar surface area (TPSA) is 63.6 Å². The Balaban J connectivity index is 3.14. The fourth-order valence-corrected chi connectivity index (χ4v) is 1.08. The minimum Gasteiger partial charge on any atom is -0.507 e. The van der Waals surface area contributed by atoms with Crippen molar-refractivity contribution in [1.29, 1.82) is 0 Å². The van der Waals surface area contributed by atoms with E-state index in [0.29, 0.717) is 12.1 Å². The Bertz CT molecular complexity index is 419. The Kier molecular flexibility index (Phi) is 3.55. The van der Waals surface area contributed by atoms with Gasteiger partial charge < -0.3 is 9.84 Å². The number of ether oxygens (including phenoxy) is 1. The molecule has 6 heteroatoms. The lowest BCUT2D eigenvalue weighted by atomic mass is 10.1. The highest BCUT2D eigenvalue weighted by Crippen LogP contribution is 2.22. The third-order valence-corrected chi connectivity index (χ3v) is 1.72. The van der Waals surface area contributed by atoms with Crippen LogP contribution in [0.4, 0.5) is 8.78 Å². The minimum absolute atomic E-state index is 0.0614. The molecule has 16 heavy (non-hydrogen) atoms. The summed E-state index contributed by atoms with van der Waals surface area (Å²) in [6.45, 7) is 1.40. The molecule has 0 saturated carbocycles. The lowest BCUT2D eigenvalue weighted by Gasteiger charge is -2.04. The summed E-state index contributed by atoms with van der Waals surface area (Å²) >= 11 is 0. The molecule has 1 rings (SSSR count). The molecule has 4 nitrogen and oxygen atoms in total. The maximum Gasteiger partial charge on any atom is 0.379 e. The summed E-state index contributed by atoms with van der Waals surface area (Å²) in [5, 5.41) is 9.15. The molecule has 0 fully saturated rings. The number of hydrogen-bond acceptors (Lipinski definition) is 4. The second-order valence-corrected chi connectivity index (χ2v) is 2.83. The van der Waals surface area contributed by atoms with Crippen molar-refractivity contribution in [3.63, 3.8) is 0 Å². The van der Waals surface area contributed by atoms with E-state index in [2.05, 4.69) is 4.74 Å². The molecule has 1 aromatic carbocycles. The number of Topliss-reactive ketones (excluding diaryl/α,β-unsaturated/α-hetero) is 1. The summed E-state index contributed by atoms with van der Waals surface area (Å²) in [5.74, 6) is -5.94. The highest BCUT2D eigenvalue weighted by molar-refractivity contribution is 6.41. The Morgan fingerprint density at radius 2 is 2.00 bits per heavy atom. The number of carbonyl (C=O) groups excluding carboxylic acids is 2. The van der Waals surface area contributed by atoms with E-state index in [1.165, 1.54) is 6.92 Å². The second kappa shape index (κ2) is 4.69. The van der Waals surface area contributed by atoms with Gasteiger partial charge in [-0.1, -0.05) is 0 Å². The molecule has 0 radical (unpaired) electrons. The normalized spacial score (nSPS) is 9.94. The molecule has 0 aromatic heterocycles. The van der Waals surface area contributed by atoms with Gasteiger partial charge in [0.15, 0.2) is 0 Å². The smallest absolute Gasteiger partial charge is 0.379 e. The molecular weight excluding hydrogens is 222 g/mol. The summed E-state index contributed by atoms with van der Waals surface area (Å²) < 4.78 is 30.1. The van der Waals surface area contributed by atoms with Gasteiger partial charge in [-0.15, -0.1) is 0 Å². The molecule has 0 aliphatic carbocycles. The molecule has 0 unspecified atom stereocenters. The van der Waals surface area contributed by atoms with Crippen LogP contribution >= 0.6 is 0 Å². The van der Waals surface area contributed by atoms with Gasteiger partial charge in [0, 0.05) is 12.1 Å². The zero-order valence-electron chi connectivity index (χ0n) is 8.29. The summed E-state index contributed by atoms with van der Waals surface area (Å²) in [4.78, 5) is 22.3. The van der Waals surface area contributed by atoms with Gasteiger partial charge in [0.25, 0.3) is 5.78 Å². The van der Waals surface area contributed by atoms with Gasteiger partial charge in [-0.3, -0.25) is 4.79 Å². The lowest BCUT2D eigenvalue weighted by Crippen LogP contribution is -2.19. The molecule has 0 bridgehead atoms. The number of ketones is 1. The third kappa shape index (κ3) is 2.33. The van der Waals surface area contributed by atoms with E-state index >= 15 is 0 Å². The third-order valence-electron chi connectivity index (χ3n) is 1.72. The molecule has 0 saturated heterocycles. The van der Waals surface area contributed by atoms with Crippen molar-refractivity contribution in [1.82, 2.24) is 0 Å². The van der Waals surface area contributed by atoms with Crippen LogP contribution < -0.4 is 0 Å². The van der Waals surface area contributed by atoms with Crippen molar-refractivity contribution >= 4 is 11.8 Å². The molecule has 1 aromatic rings. The van der Waals surface area contributed by atoms with Crippen LogP contribution in [0.15, 0.2) is 12.1 Å². The Labute approximate surface area is 89.5 Å². The van der Waals surface area contributed by atoms with Crippen LogP contribution in [-0.2, 0) is 9.53 Å². The monoisotopic (exact) mass is 230 g/mol. The van der Waals surface area contributed by atoms with Gasteiger partial charge in [-0.2, -0.15) is 0 Å². The van der Waals surface area contributed by atoms with Crippen LogP contribution in [0.3, 0.4) is 0 Å². The zero-order chi connectivity index (χ0) is 12.3. The molecule has 0 heterocycles. The van der Waals surface area contributed by atoms with Crippen LogP contribution in [-0.4, -0.2) is 23.5 Å². The number of halogens is 2. The van der Waals surface area contributed by atoms with E-state index < -0.39 is 34.7 Å². The zero-order valence-corrected chi connectivity index (χ0v) is 8.29. The number of phenols is 1. The number of esters is 1. The predicted octanol–water partition coefficient (Wildman–Crippen LogP) is 1.42. The molecular formula is C10H8F2O4. The minimum atomic E-state index is -1.35. The molecule has 1 N–H and O–H groups in total. The number of hydrogen-bond donors (Lipinski definition) is 1. The van der Waals surface area contributed by atoms with Gasteiger partial charge in [0.2, 0.25) is 0 Å². The van der Waals surface area contributed by atoms with Gasteiger partial charge in [0.1, 0.15) is 22.9 Å². The van der Waals surface area contributed by atoms with Crippen LogP contribution in [0.25, 0.3) is 0 Å². The summed E-state index contributed by atoms with van der Waals surface area (Å²) in [6, 6.07) is 0.932. The Morgan fingerprint density at radius 3 is 2.50 bits per heavy atom. The summed E-state index contributed by atoms with van der Waals surface area (Å²) in [7, 11) is 0. The van der Waals surface area contributed by atoms with Crippen molar-refractivity contribution < 1.29 is 28.2 Å². The standard InChI is InChI=1S/C10H8F2O4/c1-2-16-10(15)9(14)8-6(12)3-5(11)4-7(8)13/h3-4,13H,2H2,1H3. The largest absolute Gasteiger partial charge is 0.507 e. The van der Waals surface area contributed by atoms with Crippen LogP contribution in [0.5, 0.6) is 5.75 Å². The molecule has 0 amide bonds. The average Bonchev–Trinajstić information content (AvgIpc) is 2.16. The molecule has 0 spiro atoms. The molecule has 86 valence electrons. The van der Waals surface area contributed by atoms with Gasteiger partial charge in [-0.05, 0) is 6.92 Å². The van der Waals surface area contributed by atoms with Crippen molar-refractivity contribution in [2.45, 2.75) is 6.92 Å². The maximum absolute atomic E-state index is 13.1. The van der Waals surface area contributed by atoms with E-state index in [1.54, 1.807) is 0 Å². The van der Waals surface area contributed by atoms with Crippen LogP contribution in [0.1, 0.15) is 17.3 Å². The SMILES string of the molecule is CCOC(=O)C(=O)c1c(O)cc(F)cc1F. The summed E-state index contributed by atoms with van der Waals surface area (Å²) in [6.07, 6.45) is 0. The van der Waals surface area contributed by atoms with E-state index in [9.17, 15) is 18.4 Å². The van der Waals surface area contributed by atoms with Gasteiger partial charge in [0.05, 0.1) is 6.61 Å². The number of aromatic hydroxyl groups is 1. The van der Waals surface area contributed by atoms with Gasteiger partial charge >= 0.3 is 5.97 Å². The van der Waals surface area contributed by atoms with E-state index in [0.717, 1.165) is 0 Å². The first-order valence-electron chi connectivity index (χ1n) is 4.36. The second-order valence-electron chi connectivity index (χ2n) is 2.83. The number of phenolic OH excluding ortho intramolecular Hbond substituents is 1. The number of carbonyl (C=O) groups is 2. The lowest BCUT2D eigenvalue weighted by molar-refractivity contribution is -0.137. The fourth-order valence-electron chi connectivity index (χ4n) is 1.08. The quantitative estimate of drug-likeness (QED) is 0.484. The fraction of sp³-hybridized carbons (Fsp3) is 0.200. The Morgan fingerprint density at radius 1 is 1.38 bits per heavy atom. The highest BCUT2D eigenvalue weighted by atomic mass is 19.1. The van der Waals surface area contributed by atoms with Crippen molar-refractivity contribution in [3.8, 4) is 5.75 Å². The molecule has 0 aliphatic rings. The van der Waals surface area contributed by atoms with E-state index in [4.69, 9.17) is 5.11 Å². The van der Waals surface area contributed by atoms with Crippen molar-refractivity contribution in [2.24, 2.45) is 0 Å². The van der Waals surface area contributed by atoms with Crippen LogP contribution in [0.2, 0.25) is 0 Å².